The number of hydrogen-bond donors (Lipinski definition) is 2. The van der Waals surface area contributed by atoms with Crippen LogP contribution in [-0.2, 0) is 9.59 Å². The molecule has 2 N–H and O–H groups in total. The van der Waals surface area contributed by atoms with Crippen LogP contribution < -0.4 is 10.6 Å². The van der Waals surface area contributed by atoms with E-state index in [0.717, 1.165) is 32.6 Å². The van der Waals surface area contributed by atoms with Crippen LogP contribution in [-0.4, -0.2) is 74.0 Å². The summed E-state index contributed by atoms with van der Waals surface area (Å²) in [5, 5.41) is 6.04. The molecule has 6 heteroatoms. The fourth-order valence-corrected chi connectivity index (χ4v) is 2.31. The van der Waals surface area contributed by atoms with Crippen LogP contribution in [0.5, 0.6) is 0 Å². The molecule has 0 aromatic heterocycles. The molecule has 0 radical (unpaired) electrons. The molecule has 0 aliphatic carbocycles. The van der Waals surface area contributed by atoms with E-state index in [1.54, 1.807) is 0 Å². The number of carbonyl (C=O) groups is 2. The molecule has 2 fully saturated rings. The van der Waals surface area contributed by atoms with E-state index in [4.69, 9.17) is 0 Å². The van der Waals surface area contributed by atoms with Crippen LogP contribution in [0.25, 0.3) is 0 Å². The van der Waals surface area contributed by atoms with Gasteiger partial charge in [0.05, 0.1) is 6.54 Å². The van der Waals surface area contributed by atoms with Crippen LogP contribution in [0.1, 0.15) is 12.8 Å². The zero-order valence-corrected chi connectivity index (χ0v) is 10.9. The Morgan fingerprint density at radius 2 is 2.11 bits per heavy atom. The highest BCUT2D eigenvalue weighted by molar-refractivity contribution is 5.79. The number of amides is 2. The SMILES string of the molecule is CN1CCN(C(=O)CNC2CCC(=O)NC2)CC1. The van der Waals surface area contributed by atoms with Gasteiger partial charge in [0.25, 0.3) is 0 Å². The molecule has 2 aliphatic heterocycles. The van der Waals surface area contributed by atoms with Gasteiger partial charge in [-0.15, -0.1) is 0 Å². The topological polar surface area (TPSA) is 64.7 Å². The van der Waals surface area contributed by atoms with Gasteiger partial charge in [0.15, 0.2) is 0 Å². The molecule has 6 nitrogen and oxygen atoms in total. The average Bonchev–Trinajstić information content (AvgIpc) is 2.38. The molecule has 0 spiro atoms. The fraction of sp³-hybridized carbons (Fsp3) is 0.833. The number of hydrogen-bond acceptors (Lipinski definition) is 4. The lowest BCUT2D eigenvalue weighted by Crippen LogP contribution is -2.52. The van der Waals surface area contributed by atoms with E-state index in [-0.39, 0.29) is 17.9 Å². The van der Waals surface area contributed by atoms with E-state index in [2.05, 4.69) is 22.6 Å². The van der Waals surface area contributed by atoms with Crippen molar-refractivity contribution in [1.29, 1.82) is 0 Å². The predicted octanol–water partition coefficient (Wildman–Crippen LogP) is -1.37. The minimum atomic E-state index is 0.110. The molecule has 1 atom stereocenters. The molecule has 2 aliphatic rings. The number of piperidine rings is 1. The monoisotopic (exact) mass is 254 g/mol. The molecule has 0 aromatic rings. The molecule has 2 amide bonds. The highest BCUT2D eigenvalue weighted by Gasteiger charge is 2.21. The number of nitrogens with one attached hydrogen (secondary N) is 2. The van der Waals surface area contributed by atoms with Crippen molar-refractivity contribution < 1.29 is 9.59 Å². The highest BCUT2D eigenvalue weighted by Crippen LogP contribution is 2.03. The minimum absolute atomic E-state index is 0.110. The van der Waals surface area contributed by atoms with Crippen LogP contribution in [0.15, 0.2) is 0 Å². The summed E-state index contributed by atoms with van der Waals surface area (Å²) < 4.78 is 0. The Bertz CT molecular complexity index is 303. The standard InChI is InChI=1S/C12H22N4O2/c1-15-4-6-16(7-5-15)12(18)9-13-10-2-3-11(17)14-8-10/h10,13H,2-9H2,1H3,(H,14,17). The molecule has 0 saturated carbocycles. The first-order chi connectivity index (χ1) is 8.65. The molecule has 18 heavy (non-hydrogen) atoms. The van der Waals surface area contributed by atoms with E-state index < -0.39 is 0 Å². The second-order valence-electron chi connectivity index (χ2n) is 5.10. The Morgan fingerprint density at radius 3 is 2.72 bits per heavy atom. The largest absolute Gasteiger partial charge is 0.355 e. The Kier molecular flexibility index (Phi) is 4.54. The third-order valence-electron chi connectivity index (χ3n) is 3.66. The van der Waals surface area contributed by atoms with Gasteiger partial charge in [0, 0.05) is 45.2 Å². The molecule has 2 rings (SSSR count). The molecule has 2 saturated heterocycles. The van der Waals surface area contributed by atoms with Crippen LogP contribution >= 0.6 is 0 Å². The van der Waals surface area contributed by atoms with Crippen molar-refractivity contribution in [2.45, 2.75) is 18.9 Å². The van der Waals surface area contributed by atoms with Crippen molar-refractivity contribution in [2.24, 2.45) is 0 Å². The summed E-state index contributed by atoms with van der Waals surface area (Å²) in [6.07, 6.45) is 1.38. The maximum absolute atomic E-state index is 12.0. The summed E-state index contributed by atoms with van der Waals surface area (Å²) in [6, 6.07) is 0.235. The van der Waals surface area contributed by atoms with Gasteiger partial charge in [-0.05, 0) is 13.5 Å². The fourth-order valence-electron chi connectivity index (χ4n) is 2.31. The normalized spacial score (nSPS) is 25.9. The maximum Gasteiger partial charge on any atom is 0.236 e. The summed E-state index contributed by atoms with van der Waals surface area (Å²) >= 11 is 0. The van der Waals surface area contributed by atoms with Gasteiger partial charge in [-0.3, -0.25) is 9.59 Å². The number of nitrogens with zero attached hydrogens (tertiary/aromatic N) is 2. The average molecular weight is 254 g/mol. The molecule has 1 unspecified atom stereocenters. The summed E-state index contributed by atoms with van der Waals surface area (Å²) in [5.74, 6) is 0.276. The molecule has 0 bridgehead atoms. The Balaban J connectivity index is 1.67. The van der Waals surface area contributed by atoms with E-state index >= 15 is 0 Å². The van der Waals surface area contributed by atoms with Crippen LogP contribution in [0, 0.1) is 0 Å². The van der Waals surface area contributed by atoms with Gasteiger partial charge >= 0.3 is 0 Å². The van der Waals surface area contributed by atoms with Crippen molar-refractivity contribution in [3.8, 4) is 0 Å². The van der Waals surface area contributed by atoms with Crippen molar-refractivity contribution in [2.75, 3.05) is 46.3 Å². The molecule has 102 valence electrons. The summed E-state index contributed by atoms with van der Waals surface area (Å²) in [4.78, 5) is 27.1. The first-order valence-corrected chi connectivity index (χ1v) is 6.61. The lowest BCUT2D eigenvalue weighted by molar-refractivity contribution is -0.131. The van der Waals surface area contributed by atoms with E-state index in [1.165, 1.54) is 0 Å². The first kappa shape index (κ1) is 13.3. The second-order valence-corrected chi connectivity index (χ2v) is 5.10. The van der Waals surface area contributed by atoms with Crippen molar-refractivity contribution in [3.05, 3.63) is 0 Å². The number of rotatable bonds is 3. The summed E-state index contributed by atoms with van der Waals surface area (Å²) in [5.41, 5.74) is 0. The van der Waals surface area contributed by atoms with Gasteiger partial charge in [-0.2, -0.15) is 0 Å². The molecular formula is C12H22N4O2. The van der Waals surface area contributed by atoms with Gasteiger partial charge < -0.3 is 20.4 Å². The molecular weight excluding hydrogens is 232 g/mol. The second kappa shape index (κ2) is 6.15. The molecule has 2 heterocycles. The smallest absolute Gasteiger partial charge is 0.236 e. The lowest BCUT2D eigenvalue weighted by Gasteiger charge is -2.33. The highest BCUT2D eigenvalue weighted by atomic mass is 16.2. The van der Waals surface area contributed by atoms with E-state index in [9.17, 15) is 9.59 Å². The van der Waals surface area contributed by atoms with Crippen molar-refractivity contribution >= 4 is 11.8 Å². The zero-order chi connectivity index (χ0) is 13.0. The minimum Gasteiger partial charge on any atom is -0.355 e. The quantitative estimate of drug-likeness (QED) is 0.652. The van der Waals surface area contributed by atoms with Gasteiger partial charge in [0.1, 0.15) is 0 Å². The van der Waals surface area contributed by atoms with Crippen LogP contribution in [0.3, 0.4) is 0 Å². The summed E-state index contributed by atoms with van der Waals surface area (Å²) in [7, 11) is 2.07. The summed E-state index contributed by atoms with van der Waals surface area (Å²) in [6.45, 7) is 4.55. The van der Waals surface area contributed by atoms with Gasteiger partial charge in [0.2, 0.25) is 11.8 Å². The number of likely N-dealkylation sites (N-methyl/N-ethyl adjacent to an activating group) is 1. The Morgan fingerprint density at radius 1 is 1.39 bits per heavy atom. The predicted molar refractivity (Wildman–Crippen MR) is 68.1 cm³/mol. The van der Waals surface area contributed by atoms with Crippen molar-refractivity contribution in [1.82, 2.24) is 20.4 Å². The van der Waals surface area contributed by atoms with Crippen molar-refractivity contribution in [3.63, 3.8) is 0 Å². The van der Waals surface area contributed by atoms with Gasteiger partial charge in [-0.25, -0.2) is 0 Å². The Hall–Kier alpha value is -1.14. The maximum atomic E-state index is 12.0. The molecule has 0 aromatic carbocycles. The Labute approximate surface area is 108 Å². The first-order valence-electron chi connectivity index (χ1n) is 6.61. The van der Waals surface area contributed by atoms with Crippen LogP contribution in [0.2, 0.25) is 0 Å². The third kappa shape index (κ3) is 3.68. The van der Waals surface area contributed by atoms with E-state index in [0.29, 0.717) is 19.5 Å². The lowest BCUT2D eigenvalue weighted by atomic mass is 10.1. The third-order valence-corrected chi connectivity index (χ3v) is 3.66. The van der Waals surface area contributed by atoms with Crippen LogP contribution in [0.4, 0.5) is 0 Å². The number of piperazine rings is 1. The van der Waals surface area contributed by atoms with Gasteiger partial charge in [-0.1, -0.05) is 0 Å². The zero-order valence-electron chi connectivity index (χ0n) is 10.9. The number of carbonyl (C=O) groups excluding carboxylic acids is 2. The van der Waals surface area contributed by atoms with E-state index in [1.807, 2.05) is 4.90 Å².